The van der Waals surface area contributed by atoms with Crippen molar-refractivity contribution >= 4 is 17.3 Å². The molecule has 1 fully saturated rings. The molecule has 1 aromatic rings. The van der Waals surface area contributed by atoms with Crippen molar-refractivity contribution in [1.82, 2.24) is 4.90 Å². The number of methoxy groups -OCH3 is 1. The standard InChI is InChI=1S/C19H21FN2O4/c1-25-18-9-13(2-3-17(18)20)8-15(23)10-14-11-16(24)12-19(21-14)22-4-6-26-7-5-22/h2-3,9,12H,4-8,10-11H2,1H3. The van der Waals surface area contributed by atoms with Crippen molar-refractivity contribution in [1.29, 1.82) is 0 Å². The number of ketones is 2. The molecule has 2 heterocycles. The first-order valence-electron chi connectivity index (χ1n) is 8.53. The predicted molar refractivity (Wildman–Crippen MR) is 93.8 cm³/mol. The second-order valence-corrected chi connectivity index (χ2v) is 6.28. The van der Waals surface area contributed by atoms with Crippen LogP contribution in [0.15, 0.2) is 35.1 Å². The number of hydrogen-bond donors (Lipinski definition) is 0. The Kier molecular flexibility index (Phi) is 5.78. The summed E-state index contributed by atoms with van der Waals surface area (Å²) in [6.07, 6.45) is 1.93. The Labute approximate surface area is 151 Å². The monoisotopic (exact) mass is 360 g/mol. The highest BCUT2D eigenvalue weighted by molar-refractivity contribution is 6.14. The van der Waals surface area contributed by atoms with Gasteiger partial charge in [-0.3, -0.25) is 9.59 Å². The van der Waals surface area contributed by atoms with Crippen LogP contribution in [0, 0.1) is 5.82 Å². The Hall–Kier alpha value is -2.54. The third-order valence-electron chi connectivity index (χ3n) is 4.29. The minimum absolute atomic E-state index is 0.0484. The summed E-state index contributed by atoms with van der Waals surface area (Å²) in [7, 11) is 1.38. The molecule has 2 aliphatic rings. The molecule has 0 unspecified atom stereocenters. The predicted octanol–water partition coefficient (Wildman–Crippen LogP) is 1.92. The number of carbonyl (C=O) groups is 2. The van der Waals surface area contributed by atoms with Crippen molar-refractivity contribution in [3.05, 3.63) is 41.5 Å². The molecule has 138 valence electrons. The zero-order valence-corrected chi connectivity index (χ0v) is 14.7. The third kappa shape index (κ3) is 4.54. The van der Waals surface area contributed by atoms with Crippen LogP contribution in [0.1, 0.15) is 18.4 Å². The quantitative estimate of drug-likeness (QED) is 0.775. The number of carbonyl (C=O) groups excluding carboxylic acids is 2. The molecule has 1 aromatic carbocycles. The van der Waals surface area contributed by atoms with E-state index in [0.29, 0.717) is 43.4 Å². The SMILES string of the molecule is COc1cc(CC(=O)CC2=NC(N3CCOCC3)=CC(=O)C2)ccc1F. The summed E-state index contributed by atoms with van der Waals surface area (Å²) in [6.45, 7) is 2.56. The minimum Gasteiger partial charge on any atom is -0.494 e. The normalized spacial score (nSPS) is 17.6. The topological polar surface area (TPSA) is 68.2 Å². The van der Waals surface area contributed by atoms with Gasteiger partial charge in [0.15, 0.2) is 17.3 Å². The highest BCUT2D eigenvalue weighted by atomic mass is 19.1. The van der Waals surface area contributed by atoms with Crippen LogP contribution in [0.3, 0.4) is 0 Å². The molecule has 7 heteroatoms. The van der Waals surface area contributed by atoms with Gasteiger partial charge < -0.3 is 14.4 Å². The number of rotatable bonds is 6. The van der Waals surface area contributed by atoms with Gasteiger partial charge in [0, 0.05) is 44.1 Å². The molecule has 0 aliphatic carbocycles. The van der Waals surface area contributed by atoms with E-state index in [1.807, 2.05) is 4.90 Å². The van der Waals surface area contributed by atoms with Crippen LogP contribution in [0.4, 0.5) is 4.39 Å². The van der Waals surface area contributed by atoms with E-state index in [1.54, 1.807) is 6.07 Å². The number of allylic oxidation sites excluding steroid dienone is 1. The maximum atomic E-state index is 13.5. The second kappa shape index (κ2) is 8.23. The first kappa shape index (κ1) is 18.3. The van der Waals surface area contributed by atoms with Crippen LogP contribution in [0.5, 0.6) is 5.75 Å². The Bertz CT molecular complexity index is 767. The molecule has 0 N–H and O–H groups in total. The average Bonchev–Trinajstić information content (AvgIpc) is 2.63. The number of morpholine rings is 1. The van der Waals surface area contributed by atoms with Crippen LogP contribution in [-0.4, -0.2) is 55.6 Å². The van der Waals surface area contributed by atoms with Crippen molar-refractivity contribution in [3.63, 3.8) is 0 Å². The van der Waals surface area contributed by atoms with Crippen LogP contribution in [-0.2, 0) is 20.7 Å². The Morgan fingerprint density at radius 1 is 1.31 bits per heavy atom. The van der Waals surface area contributed by atoms with Gasteiger partial charge in [-0.25, -0.2) is 9.38 Å². The first-order valence-corrected chi connectivity index (χ1v) is 8.53. The largest absolute Gasteiger partial charge is 0.494 e. The second-order valence-electron chi connectivity index (χ2n) is 6.28. The lowest BCUT2D eigenvalue weighted by atomic mass is 10.0. The fraction of sp³-hybridized carbons (Fsp3) is 0.421. The van der Waals surface area contributed by atoms with Crippen LogP contribution in [0.25, 0.3) is 0 Å². The van der Waals surface area contributed by atoms with Gasteiger partial charge in [-0.2, -0.15) is 0 Å². The van der Waals surface area contributed by atoms with Gasteiger partial charge in [0.25, 0.3) is 0 Å². The van der Waals surface area contributed by atoms with Crippen LogP contribution in [0.2, 0.25) is 0 Å². The smallest absolute Gasteiger partial charge is 0.165 e. The highest BCUT2D eigenvalue weighted by Gasteiger charge is 2.21. The zero-order chi connectivity index (χ0) is 18.5. The fourth-order valence-corrected chi connectivity index (χ4v) is 3.02. The summed E-state index contributed by atoms with van der Waals surface area (Å²) in [4.78, 5) is 30.9. The van der Waals surface area contributed by atoms with Crippen LogP contribution < -0.4 is 4.74 Å². The summed E-state index contributed by atoms with van der Waals surface area (Å²) >= 11 is 0. The molecule has 3 rings (SSSR count). The van der Waals surface area contributed by atoms with E-state index in [-0.39, 0.29) is 36.6 Å². The molecule has 0 radical (unpaired) electrons. The summed E-state index contributed by atoms with van der Waals surface area (Å²) < 4.78 is 23.7. The van der Waals surface area contributed by atoms with Gasteiger partial charge in [-0.05, 0) is 17.7 Å². The van der Waals surface area contributed by atoms with Crippen molar-refractivity contribution in [2.24, 2.45) is 4.99 Å². The molecular weight excluding hydrogens is 339 g/mol. The lowest BCUT2D eigenvalue weighted by molar-refractivity contribution is -0.117. The number of hydrogen-bond acceptors (Lipinski definition) is 6. The summed E-state index contributed by atoms with van der Waals surface area (Å²) in [5.74, 6) is 0.126. The van der Waals surface area contributed by atoms with E-state index in [9.17, 15) is 14.0 Å². The fourth-order valence-electron chi connectivity index (χ4n) is 3.02. The number of nitrogens with zero attached hydrogens (tertiary/aromatic N) is 2. The van der Waals surface area contributed by atoms with Crippen molar-refractivity contribution in [3.8, 4) is 5.75 Å². The molecular formula is C19H21FN2O4. The Morgan fingerprint density at radius 3 is 2.81 bits per heavy atom. The molecule has 6 nitrogen and oxygen atoms in total. The molecule has 26 heavy (non-hydrogen) atoms. The van der Waals surface area contributed by atoms with E-state index in [0.717, 1.165) is 0 Å². The van der Waals surface area contributed by atoms with Crippen molar-refractivity contribution in [2.45, 2.75) is 19.3 Å². The van der Waals surface area contributed by atoms with Gasteiger partial charge in [0.1, 0.15) is 11.6 Å². The van der Waals surface area contributed by atoms with E-state index in [4.69, 9.17) is 9.47 Å². The van der Waals surface area contributed by atoms with E-state index in [2.05, 4.69) is 4.99 Å². The number of halogens is 1. The van der Waals surface area contributed by atoms with E-state index >= 15 is 0 Å². The number of Topliss-reactive ketones (excluding diaryl/α,β-unsaturated/α-hetero) is 1. The van der Waals surface area contributed by atoms with Gasteiger partial charge in [-0.15, -0.1) is 0 Å². The zero-order valence-electron chi connectivity index (χ0n) is 14.7. The lowest BCUT2D eigenvalue weighted by Crippen LogP contribution is -2.36. The highest BCUT2D eigenvalue weighted by Crippen LogP contribution is 2.20. The molecule has 0 bridgehead atoms. The average molecular weight is 360 g/mol. The lowest BCUT2D eigenvalue weighted by Gasteiger charge is -2.30. The summed E-state index contributed by atoms with van der Waals surface area (Å²) in [5, 5.41) is 0. The molecule has 1 saturated heterocycles. The van der Waals surface area contributed by atoms with E-state index in [1.165, 1.54) is 25.3 Å². The molecule has 0 aromatic heterocycles. The summed E-state index contributed by atoms with van der Waals surface area (Å²) in [5.41, 5.74) is 1.23. The van der Waals surface area contributed by atoms with E-state index < -0.39 is 5.82 Å². The van der Waals surface area contributed by atoms with Crippen molar-refractivity contribution in [2.75, 3.05) is 33.4 Å². The Morgan fingerprint density at radius 2 is 2.08 bits per heavy atom. The molecule has 0 amide bonds. The third-order valence-corrected chi connectivity index (χ3v) is 4.29. The molecule has 0 atom stereocenters. The maximum absolute atomic E-state index is 13.5. The molecule has 2 aliphatic heterocycles. The summed E-state index contributed by atoms with van der Waals surface area (Å²) in [6, 6.07) is 4.35. The van der Waals surface area contributed by atoms with Crippen molar-refractivity contribution < 1.29 is 23.5 Å². The minimum atomic E-state index is -0.466. The number of benzene rings is 1. The van der Waals surface area contributed by atoms with Gasteiger partial charge in [0.05, 0.1) is 20.3 Å². The maximum Gasteiger partial charge on any atom is 0.165 e. The number of aliphatic imine (C=N–C) groups is 1. The Balaban J connectivity index is 1.65. The molecule has 0 spiro atoms. The van der Waals surface area contributed by atoms with Gasteiger partial charge in [0.2, 0.25) is 0 Å². The molecule has 0 saturated carbocycles. The number of ether oxygens (including phenoxy) is 2. The van der Waals surface area contributed by atoms with Gasteiger partial charge in [-0.1, -0.05) is 6.07 Å². The van der Waals surface area contributed by atoms with Gasteiger partial charge >= 0.3 is 0 Å². The van der Waals surface area contributed by atoms with Crippen LogP contribution >= 0.6 is 0 Å². The first-order chi connectivity index (χ1) is 12.5.